The summed E-state index contributed by atoms with van der Waals surface area (Å²) in [5, 5.41) is 0. The van der Waals surface area contributed by atoms with Crippen molar-refractivity contribution in [2.75, 3.05) is 6.61 Å². The summed E-state index contributed by atoms with van der Waals surface area (Å²) in [7, 11) is 0. The fourth-order valence-electron chi connectivity index (χ4n) is 4.55. The molecule has 1 aliphatic carbocycles. The molecule has 0 unspecified atom stereocenters. The van der Waals surface area contributed by atoms with Crippen LogP contribution in [0.3, 0.4) is 0 Å². The molecule has 0 aliphatic heterocycles. The Labute approximate surface area is 193 Å². The number of allylic oxidation sites excluding steroid dienone is 1. The van der Waals surface area contributed by atoms with Crippen LogP contribution < -0.4 is 4.74 Å². The van der Waals surface area contributed by atoms with Crippen LogP contribution in [0.25, 0.3) is 22.3 Å². The van der Waals surface area contributed by atoms with Crippen molar-refractivity contribution in [2.24, 2.45) is 5.92 Å². The molecule has 172 valence electrons. The SMILES string of the molecule is C/C=C/COc1ccc(-c2ccc(-c3ccc(C4CCC(C)CC4)c(F)c3)cc2)c(F)c1F. The number of benzene rings is 3. The zero-order valence-electron chi connectivity index (χ0n) is 19.1. The van der Waals surface area contributed by atoms with Crippen molar-refractivity contribution in [3.8, 4) is 28.0 Å². The van der Waals surface area contributed by atoms with Crippen molar-refractivity contribution in [1.82, 2.24) is 0 Å². The second-order valence-electron chi connectivity index (χ2n) is 8.89. The van der Waals surface area contributed by atoms with Crippen molar-refractivity contribution >= 4 is 0 Å². The predicted molar refractivity (Wildman–Crippen MR) is 128 cm³/mol. The fourth-order valence-corrected chi connectivity index (χ4v) is 4.55. The van der Waals surface area contributed by atoms with E-state index in [9.17, 15) is 13.2 Å². The molecule has 0 spiro atoms. The van der Waals surface area contributed by atoms with E-state index in [2.05, 4.69) is 6.92 Å². The van der Waals surface area contributed by atoms with E-state index in [1.165, 1.54) is 12.1 Å². The first kappa shape index (κ1) is 23.2. The lowest BCUT2D eigenvalue weighted by molar-refractivity contribution is 0.332. The Balaban J connectivity index is 1.53. The number of hydrogen-bond donors (Lipinski definition) is 0. The third-order valence-corrected chi connectivity index (χ3v) is 6.60. The summed E-state index contributed by atoms with van der Waals surface area (Å²) < 4.78 is 49.2. The molecule has 0 aromatic heterocycles. The molecular formula is C29H29F3O. The van der Waals surface area contributed by atoms with Crippen molar-refractivity contribution < 1.29 is 17.9 Å². The molecule has 1 fully saturated rings. The van der Waals surface area contributed by atoms with E-state index in [0.29, 0.717) is 11.5 Å². The summed E-state index contributed by atoms with van der Waals surface area (Å²) in [5.74, 6) is -1.22. The van der Waals surface area contributed by atoms with Gasteiger partial charge in [0.15, 0.2) is 11.6 Å². The molecule has 4 heteroatoms. The highest BCUT2D eigenvalue weighted by molar-refractivity contribution is 5.71. The average Bonchev–Trinajstić information content (AvgIpc) is 2.83. The lowest BCUT2D eigenvalue weighted by atomic mass is 9.79. The molecular weight excluding hydrogens is 421 g/mol. The molecule has 0 N–H and O–H groups in total. The summed E-state index contributed by atoms with van der Waals surface area (Å²) in [6.07, 6.45) is 7.86. The molecule has 0 atom stereocenters. The Morgan fingerprint density at radius 1 is 0.818 bits per heavy atom. The van der Waals surface area contributed by atoms with E-state index < -0.39 is 11.6 Å². The molecule has 0 saturated heterocycles. The largest absolute Gasteiger partial charge is 0.486 e. The molecule has 0 heterocycles. The zero-order valence-corrected chi connectivity index (χ0v) is 19.1. The molecule has 1 aliphatic rings. The minimum atomic E-state index is -1.00. The highest BCUT2D eigenvalue weighted by Gasteiger charge is 2.22. The van der Waals surface area contributed by atoms with Gasteiger partial charge in [0.25, 0.3) is 0 Å². The maximum absolute atomic E-state index is 14.9. The van der Waals surface area contributed by atoms with Crippen LogP contribution in [0.2, 0.25) is 0 Å². The van der Waals surface area contributed by atoms with Crippen LogP contribution in [0.4, 0.5) is 13.2 Å². The monoisotopic (exact) mass is 450 g/mol. The quantitative estimate of drug-likeness (QED) is 0.341. The lowest BCUT2D eigenvalue weighted by Gasteiger charge is -2.26. The third kappa shape index (κ3) is 5.16. The van der Waals surface area contributed by atoms with E-state index in [1.54, 1.807) is 42.5 Å². The molecule has 33 heavy (non-hydrogen) atoms. The second kappa shape index (κ2) is 10.3. The number of hydrogen-bond acceptors (Lipinski definition) is 1. The van der Waals surface area contributed by atoms with Gasteiger partial charge in [-0.15, -0.1) is 0 Å². The van der Waals surface area contributed by atoms with Crippen LogP contribution in [0.1, 0.15) is 51.0 Å². The summed E-state index contributed by atoms with van der Waals surface area (Å²) in [5.41, 5.74) is 3.10. The van der Waals surface area contributed by atoms with Crippen LogP contribution in [0.5, 0.6) is 5.75 Å². The van der Waals surface area contributed by atoms with Gasteiger partial charge in [-0.25, -0.2) is 8.78 Å². The smallest absolute Gasteiger partial charge is 0.201 e. The molecule has 1 nitrogen and oxygen atoms in total. The van der Waals surface area contributed by atoms with E-state index >= 15 is 0 Å². The third-order valence-electron chi connectivity index (χ3n) is 6.60. The van der Waals surface area contributed by atoms with E-state index in [4.69, 9.17) is 4.74 Å². The first-order valence-corrected chi connectivity index (χ1v) is 11.6. The number of halogens is 3. The Morgan fingerprint density at radius 3 is 2.15 bits per heavy atom. The van der Waals surface area contributed by atoms with Crippen molar-refractivity contribution in [2.45, 2.75) is 45.4 Å². The summed E-state index contributed by atoms with van der Waals surface area (Å²) in [4.78, 5) is 0. The van der Waals surface area contributed by atoms with Gasteiger partial charge in [0.2, 0.25) is 5.82 Å². The van der Waals surface area contributed by atoms with E-state index in [1.807, 2.05) is 19.1 Å². The molecule has 0 radical (unpaired) electrons. The lowest BCUT2D eigenvalue weighted by Crippen LogP contribution is -2.12. The molecule has 4 rings (SSSR count). The van der Waals surface area contributed by atoms with Gasteiger partial charge in [-0.05, 0) is 72.1 Å². The van der Waals surface area contributed by atoms with Gasteiger partial charge in [-0.2, -0.15) is 4.39 Å². The van der Waals surface area contributed by atoms with Crippen molar-refractivity contribution in [1.29, 1.82) is 0 Å². The van der Waals surface area contributed by atoms with E-state index in [0.717, 1.165) is 48.3 Å². The van der Waals surface area contributed by atoms with E-state index in [-0.39, 0.29) is 23.7 Å². The van der Waals surface area contributed by atoms with Gasteiger partial charge < -0.3 is 4.74 Å². The van der Waals surface area contributed by atoms with Gasteiger partial charge in [-0.3, -0.25) is 0 Å². The minimum absolute atomic E-state index is 0.117. The van der Waals surface area contributed by atoms with Crippen LogP contribution >= 0.6 is 0 Å². The predicted octanol–water partition coefficient (Wildman–Crippen LogP) is 8.69. The Bertz CT molecular complexity index is 1130. The van der Waals surface area contributed by atoms with Crippen LogP contribution in [0.15, 0.2) is 66.7 Å². The topological polar surface area (TPSA) is 9.23 Å². The minimum Gasteiger partial charge on any atom is -0.486 e. The molecule has 3 aromatic rings. The van der Waals surface area contributed by atoms with Gasteiger partial charge in [0, 0.05) is 5.56 Å². The van der Waals surface area contributed by atoms with Crippen LogP contribution in [-0.4, -0.2) is 6.61 Å². The second-order valence-corrected chi connectivity index (χ2v) is 8.89. The van der Waals surface area contributed by atoms with Crippen LogP contribution in [-0.2, 0) is 0 Å². The fraction of sp³-hybridized carbons (Fsp3) is 0.310. The Kier molecular flexibility index (Phi) is 7.22. The van der Waals surface area contributed by atoms with Crippen molar-refractivity contribution in [3.63, 3.8) is 0 Å². The normalized spacial score (nSPS) is 18.6. The summed E-state index contributed by atoms with van der Waals surface area (Å²) in [6, 6.07) is 15.4. The van der Waals surface area contributed by atoms with Crippen LogP contribution in [0, 0.1) is 23.4 Å². The first-order chi connectivity index (χ1) is 16.0. The maximum atomic E-state index is 14.9. The van der Waals surface area contributed by atoms with Crippen molar-refractivity contribution in [3.05, 3.63) is 89.8 Å². The van der Waals surface area contributed by atoms with Gasteiger partial charge in [0.05, 0.1) is 0 Å². The van der Waals surface area contributed by atoms with Gasteiger partial charge in [-0.1, -0.05) is 68.3 Å². The highest BCUT2D eigenvalue weighted by Crippen LogP contribution is 2.38. The first-order valence-electron chi connectivity index (χ1n) is 11.6. The van der Waals surface area contributed by atoms with Gasteiger partial charge in [0.1, 0.15) is 12.4 Å². The Hall–Kier alpha value is -3.01. The molecule has 0 bridgehead atoms. The molecule has 3 aromatic carbocycles. The highest BCUT2D eigenvalue weighted by atomic mass is 19.2. The number of ether oxygens (including phenoxy) is 1. The zero-order chi connectivity index (χ0) is 23.4. The molecule has 0 amide bonds. The molecule has 1 saturated carbocycles. The average molecular weight is 451 g/mol. The standard InChI is InChI=1S/C29H29F3O/c1-3-4-17-33-27-16-15-25(28(31)29(27)32)22-11-9-20(10-12-22)23-13-14-24(26(30)18-23)21-7-5-19(2)6-8-21/h3-4,9-16,18-19,21H,5-8,17H2,1-2H3/b4-3+. The number of rotatable bonds is 6. The Morgan fingerprint density at radius 2 is 1.48 bits per heavy atom. The summed E-state index contributed by atoms with van der Waals surface area (Å²) >= 11 is 0. The summed E-state index contributed by atoms with van der Waals surface area (Å²) in [6.45, 7) is 4.26. The maximum Gasteiger partial charge on any atom is 0.201 e. The van der Waals surface area contributed by atoms with Gasteiger partial charge >= 0.3 is 0 Å².